The van der Waals surface area contributed by atoms with Crippen LogP contribution < -0.4 is 4.74 Å². The Kier molecular flexibility index (Phi) is 4.40. The van der Waals surface area contributed by atoms with E-state index in [0.29, 0.717) is 23.4 Å². The van der Waals surface area contributed by atoms with Crippen molar-refractivity contribution in [1.82, 2.24) is 10.2 Å². The van der Waals surface area contributed by atoms with Crippen LogP contribution in [0.2, 0.25) is 5.15 Å². The highest BCUT2D eigenvalue weighted by Crippen LogP contribution is 2.50. The van der Waals surface area contributed by atoms with E-state index in [1.165, 1.54) is 0 Å². The Labute approximate surface area is 147 Å². The highest BCUT2D eigenvalue weighted by Gasteiger charge is 2.51. The van der Waals surface area contributed by atoms with Gasteiger partial charge in [-0.2, -0.15) is 0 Å². The van der Waals surface area contributed by atoms with Crippen LogP contribution >= 0.6 is 46.4 Å². The third-order valence-corrected chi connectivity index (χ3v) is 3.77. The third kappa shape index (κ3) is 3.94. The molecule has 0 amide bonds. The summed E-state index contributed by atoms with van der Waals surface area (Å²) in [6.45, 7) is 0.505. The molecule has 116 valence electrons. The van der Waals surface area contributed by atoms with Gasteiger partial charge in [0.1, 0.15) is 11.4 Å². The number of rotatable bonds is 4. The van der Waals surface area contributed by atoms with E-state index in [1.54, 1.807) is 18.2 Å². The first-order valence-corrected chi connectivity index (χ1v) is 7.86. The molecule has 2 aromatic rings. The van der Waals surface area contributed by atoms with E-state index in [4.69, 9.17) is 55.9 Å². The molecule has 0 radical (unpaired) electrons. The molecule has 1 saturated heterocycles. The molecule has 8 heteroatoms. The molecule has 0 N–H and O–H groups in total. The van der Waals surface area contributed by atoms with Crippen LogP contribution in [-0.2, 0) is 10.3 Å². The maximum atomic E-state index is 5.88. The van der Waals surface area contributed by atoms with E-state index in [9.17, 15) is 0 Å². The molecular weight excluding hydrogens is 370 g/mol. The summed E-state index contributed by atoms with van der Waals surface area (Å²) in [7, 11) is 0. The van der Waals surface area contributed by atoms with Crippen LogP contribution in [0.25, 0.3) is 0 Å². The van der Waals surface area contributed by atoms with Crippen molar-refractivity contribution in [2.75, 3.05) is 6.61 Å². The first-order chi connectivity index (χ1) is 10.4. The van der Waals surface area contributed by atoms with Crippen LogP contribution in [0, 0.1) is 0 Å². The first kappa shape index (κ1) is 16.1. The van der Waals surface area contributed by atoms with Gasteiger partial charge in [0.2, 0.25) is 5.88 Å². The maximum absolute atomic E-state index is 5.88. The number of halogens is 4. The molecule has 0 bridgehead atoms. The summed E-state index contributed by atoms with van der Waals surface area (Å²) in [5, 5.41) is 7.86. The summed E-state index contributed by atoms with van der Waals surface area (Å²) in [4.78, 5) is 0. The number of epoxide rings is 1. The second-order valence-electron chi connectivity index (χ2n) is 4.90. The molecule has 0 aliphatic carbocycles. The Morgan fingerprint density at radius 1 is 1.18 bits per heavy atom. The standard InChI is InChI=1S/C14H10Cl4N2O2/c15-11-4-5-12(20-19-11)22-10-3-1-2-9(6-10)13(8-21-13)7-14(16,17)18/h1-6H,7-8H2. The van der Waals surface area contributed by atoms with E-state index in [2.05, 4.69) is 10.2 Å². The molecule has 1 aliphatic rings. The second kappa shape index (κ2) is 6.02. The number of nitrogens with zero attached hydrogens (tertiary/aromatic N) is 2. The molecule has 1 aromatic carbocycles. The Bertz CT molecular complexity index is 669. The van der Waals surface area contributed by atoms with Crippen molar-refractivity contribution in [3.63, 3.8) is 0 Å². The Morgan fingerprint density at radius 3 is 2.55 bits per heavy atom. The molecule has 2 heterocycles. The maximum Gasteiger partial charge on any atom is 0.238 e. The van der Waals surface area contributed by atoms with Gasteiger partial charge in [0, 0.05) is 12.5 Å². The van der Waals surface area contributed by atoms with Gasteiger partial charge in [-0.1, -0.05) is 58.5 Å². The van der Waals surface area contributed by atoms with Gasteiger partial charge < -0.3 is 9.47 Å². The van der Waals surface area contributed by atoms with Crippen molar-refractivity contribution < 1.29 is 9.47 Å². The highest BCUT2D eigenvalue weighted by molar-refractivity contribution is 6.67. The lowest BCUT2D eigenvalue weighted by Gasteiger charge is -2.18. The average Bonchev–Trinajstić information content (AvgIpc) is 3.21. The predicted octanol–water partition coefficient (Wildman–Crippen LogP) is 4.91. The van der Waals surface area contributed by atoms with Gasteiger partial charge in [-0.3, -0.25) is 0 Å². The molecule has 3 rings (SSSR count). The zero-order valence-electron chi connectivity index (χ0n) is 11.1. The Morgan fingerprint density at radius 2 is 1.95 bits per heavy atom. The lowest BCUT2D eigenvalue weighted by Crippen LogP contribution is -2.18. The Balaban J connectivity index is 1.80. The number of hydrogen-bond acceptors (Lipinski definition) is 4. The quantitative estimate of drug-likeness (QED) is 0.559. The number of aromatic nitrogens is 2. The van der Waals surface area contributed by atoms with Crippen LogP contribution in [0.5, 0.6) is 11.6 Å². The fourth-order valence-corrected chi connectivity index (χ4v) is 2.85. The highest BCUT2D eigenvalue weighted by atomic mass is 35.6. The van der Waals surface area contributed by atoms with Gasteiger partial charge in [-0.25, -0.2) is 0 Å². The van der Waals surface area contributed by atoms with Crippen LogP contribution in [0.3, 0.4) is 0 Å². The number of benzene rings is 1. The molecule has 1 aromatic heterocycles. The van der Waals surface area contributed by atoms with Crippen LogP contribution in [-0.4, -0.2) is 20.6 Å². The van der Waals surface area contributed by atoms with Crippen molar-refractivity contribution in [2.24, 2.45) is 0 Å². The van der Waals surface area contributed by atoms with Gasteiger partial charge in [-0.05, 0) is 23.8 Å². The fraction of sp³-hybridized carbons (Fsp3) is 0.286. The summed E-state index contributed by atoms with van der Waals surface area (Å²) in [6, 6.07) is 10.6. The smallest absolute Gasteiger partial charge is 0.238 e. The van der Waals surface area contributed by atoms with Crippen LogP contribution in [0.1, 0.15) is 12.0 Å². The molecule has 4 nitrogen and oxygen atoms in total. The number of hydrogen-bond donors (Lipinski definition) is 0. The van der Waals surface area contributed by atoms with E-state index < -0.39 is 9.39 Å². The minimum Gasteiger partial charge on any atom is -0.438 e. The normalized spacial score (nSPS) is 20.7. The van der Waals surface area contributed by atoms with Crippen LogP contribution in [0.4, 0.5) is 0 Å². The lowest BCUT2D eigenvalue weighted by molar-refractivity contribution is 0.294. The van der Waals surface area contributed by atoms with Gasteiger partial charge in [0.15, 0.2) is 8.95 Å². The fourth-order valence-electron chi connectivity index (χ4n) is 2.10. The predicted molar refractivity (Wildman–Crippen MR) is 86.1 cm³/mol. The monoisotopic (exact) mass is 378 g/mol. The number of alkyl halides is 3. The zero-order valence-corrected chi connectivity index (χ0v) is 14.1. The summed E-state index contributed by atoms with van der Waals surface area (Å²) in [5.41, 5.74) is 0.314. The van der Waals surface area contributed by atoms with Crippen molar-refractivity contribution in [3.8, 4) is 11.6 Å². The first-order valence-electron chi connectivity index (χ1n) is 6.35. The van der Waals surface area contributed by atoms with Crippen molar-refractivity contribution >= 4 is 46.4 Å². The molecule has 0 spiro atoms. The summed E-state index contributed by atoms with van der Waals surface area (Å²) in [6.07, 6.45) is 0.273. The van der Waals surface area contributed by atoms with Gasteiger partial charge in [-0.15, -0.1) is 10.2 Å². The van der Waals surface area contributed by atoms with E-state index in [0.717, 1.165) is 5.56 Å². The van der Waals surface area contributed by atoms with Crippen molar-refractivity contribution in [3.05, 3.63) is 47.1 Å². The van der Waals surface area contributed by atoms with E-state index in [1.807, 2.05) is 18.2 Å². The molecule has 0 saturated carbocycles. The largest absolute Gasteiger partial charge is 0.438 e. The van der Waals surface area contributed by atoms with Crippen LogP contribution in [0.15, 0.2) is 36.4 Å². The summed E-state index contributed by atoms with van der Waals surface area (Å²) < 4.78 is 9.79. The third-order valence-electron chi connectivity index (χ3n) is 3.17. The summed E-state index contributed by atoms with van der Waals surface area (Å²) >= 11 is 23.3. The average molecular weight is 380 g/mol. The van der Waals surface area contributed by atoms with Crippen molar-refractivity contribution in [2.45, 2.75) is 15.8 Å². The molecule has 1 unspecified atom stereocenters. The van der Waals surface area contributed by atoms with E-state index >= 15 is 0 Å². The van der Waals surface area contributed by atoms with Gasteiger partial charge in [0.05, 0.1) is 6.61 Å². The molecule has 22 heavy (non-hydrogen) atoms. The molecule has 1 fully saturated rings. The topological polar surface area (TPSA) is 47.5 Å². The molecular formula is C14H10Cl4N2O2. The molecule has 1 atom stereocenters. The minimum absolute atomic E-state index is 0.273. The number of ether oxygens (including phenoxy) is 2. The SMILES string of the molecule is Clc1ccc(Oc2cccc(C3(CC(Cl)(Cl)Cl)CO3)c2)nn1. The second-order valence-corrected chi connectivity index (χ2v) is 7.80. The zero-order chi connectivity index (χ0) is 15.8. The summed E-state index contributed by atoms with van der Waals surface area (Å²) in [5.74, 6) is 0.932. The Hall–Kier alpha value is -0.780. The van der Waals surface area contributed by atoms with Gasteiger partial charge >= 0.3 is 0 Å². The minimum atomic E-state index is -1.38. The lowest BCUT2D eigenvalue weighted by atomic mass is 9.97. The van der Waals surface area contributed by atoms with Gasteiger partial charge in [0.25, 0.3) is 0 Å². The van der Waals surface area contributed by atoms with Crippen molar-refractivity contribution in [1.29, 1.82) is 0 Å². The molecule has 1 aliphatic heterocycles. The van der Waals surface area contributed by atoms with E-state index in [-0.39, 0.29) is 6.42 Å².